The van der Waals surface area contributed by atoms with E-state index < -0.39 is 5.97 Å². The molecule has 2 aliphatic heterocycles. The molecule has 6 heteroatoms. The van der Waals surface area contributed by atoms with Gasteiger partial charge in [0, 0.05) is 18.1 Å². The van der Waals surface area contributed by atoms with E-state index >= 15 is 0 Å². The highest BCUT2D eigenvalue weighted by molar-refractivity contribution is 6.30. The maximum absolute atomic E-state index is 12.7. The number of aliphatic carboxylic acids is 1. The van der Waals surface area contributed by atoms with E-state index in [0.29, 0.717) is 37.6 Å². The van der Waals surface area contributed by atoms with Gasteiger partial charge in [0.1, 0.15) is 12.4 Å². The third-order valence-electron chi connectivity index (χ3n) is 4.81. The van der Waals surface area contributed by atoms with E-state index in [0.717, 1.165) is 11.3 Å². The quantitative estimate of drug-likeness (QED) is 0.900. The van der Waals surface area contributed by atoms with Crippen molar-refractivity contribution in [1.29, 1.82) is 0 Å². The Hall–Kier alpha value is -1.75. The van der Waals surface area contributed by atoms with Crippen molar-refractivity contribution in [3.8, 4) is 5.75 Å². The van der Waals surface area contributed by atoms with Crippen molar-refractivity contribution < 1.29 is 19.4 Å². The van der Waals surface area contributed by atoms with E-state index in [9.17, 15) is 14.7 Å². The van der Waals surface area contributed by atoms with Crippen molar-refractivity contribution in [3.63, 3.8) is 0 Å². The first-order valence-electron chi connectivity index (χ1n) is 7.88. The van der Waals surface area contributed by atoms with E-state index in [1.165, 1.54) is 0 Å². The van der Waals surface area contributed by atoms with Gasteiger partial charge >= 0.3 is 5.97 Å². The topological polar surface area (TPSA) is 66.8 Å². The minimum Gasteiger partial charge on any atom is -0.492 e. The smallest absolute Gasteiger partial charge is 0.306 e. The summed E-state index contributed by atoms with van der Waals surface area (Å²) >= 11 is 6.01. The van der Waals surface area contributed by atoms with Crippen LogP contribution in [0, 0.1) is 17.8 Å². The number of amides is 1. The summed E-state index contributed by atoms with van der Waals surface area (Å²) < 4.78 is 5.69. The molecule has 0 spiro atoms. The van der Waals surface area contributed by atoms with Crippen molar-refractivity contribution in [2.45, 2.75) is 19.8 Å². The van der Waals surface area contributed by atoms with Gasteiger partial charge in [-0.3, -0.25) is 9.59 Å². The third kappa shape index (κ3) is 3.29. The fourth-order valence-electron chi connectivity index (χ4n) is 3.49. The minimum atomic E-state index is -0.769. The van der Waals surface area contributed by atoms with Crippen LogP contribution in [-0.2, 0) is 16.0 Å². The summed E-state index contributed by atoms with van der Waals surface area (Å²) in [6.45, 7) is 3.25. The maximum Gasteiger partial charge on any atom is 0.306 e. The van der Waals surface area contributed by atoms with Crippen LogP contribution in [-0.4, -0.2) is 41.6 Å². The zero-order valence-corrected chi connectivity index (χ0v) is 13.8. The summed E-state index contributed by atoms with van der Waals surface area (Å²) in [5, 5.41) is 9.82. The summed E-state index contributed by atoms with van der Waals surface area (Å²) in [5.74, 6) is -0.552. The number of hydrogen-bond acceptors (Lipinski definition) is 3. The number of nitrogens with zero attached hydrogens (tertiary/aromatic N) is 1. The monoisotopic (exact) mass is 337 g/mol. The van der Waals surface area contributed by atoms with Crippen molar-refractivity contribution in [2.24, 2.45) is 17.8 Å². The SMILES string of the molecule is CC1CN(C(=O)C2COc3ccc(Cl)cc3C2)CCC1C(=O)O. The third-order valence-corrected chi connectivity index (χ3v) is 5.05. The van der Waals surface area contributed by atoms with E-state index in [1.54, 1.807) is 11.0 Å². The Labute approximate surface area is 140 Å². The molecule has 1 fully saturated rings. The molecule has 0 aromatic heterocycles. The van der Waals surface area contributed by atoms with E-state index in [-0.39, 0.29) is 23.7 Å². The highest BCUT2D eigenvalue weighted by Crippen LogP contribution is 2.32. The lowest BCUT2D eigenvalue weighted by atomic mass is 9.86. The highest BCUT2D eigenvalue weighted by atomic mass is 35.5. The Morgan fingerprint density at radius 1 is 1.39 bits per heavy atom. The fourth-order valence-corrected chi connectivity index (χ4v) is 3.69. The number of hydrogen-bond donors (Lipinski definition) is 1. The van der Waals surface area contributed by atoms with Crippen LogP contribution in [0.5, 0.6) is 5.75 Å². The molecule has 1 N–H and O–H groups in total. The molecule has 0 radical (unpaired) electrons. The first-order valence-corrected chi connectivity index (χ1v) is 8.26. The molecule has 1 saturated heterocycles. The number of piperidine rings is 1. The van der Waals surface area contributed by atoms with Crippen LogP contribution in [0.3, 0.4) is 0 Å². The van der Waals surface area contributed by atoms with Gasteiger partial charge in [0.05, 0.1) is 11.8 Å². The molecule has 23 heavy (non-hydrogen) atoms. The average Bonchev–Trinajstić information content (AvgIpc) is 2.53. The lowest BCUT2D eigenvalue weighted by Gasteiger charge is -2.37. The Bertz CT molecular complexity index is 633. The Kier molecular flexibility index (Phi) is 4.48. The zero-order chi connectivity index (χ0) is 16.6. The number of likely N-dealkylation sites (tertiary alicyclic amines) is 1. The summed E-state index contributed by atoms with van der Waals surface area (Å²) in [4.78, 5) is 25.7. The maximum atomic E-state index is 12.7. The number of benzene rings is 1. The molecule has 3 unspecified atom stereocenters. The lowest BCUT2D eigenvalue weighted by molar-refractivity contribution is -0.150. The largest absolute Gasteiger partial charge is 0.492 e. The second kappa shape index (κ2) is 6.40. The van der Waals surface area contributed by atoms with Crippen LogP contribution in [0.2, 0.25) is 5.02 Å². The van der Waals surface area contributed by atoms with Gasteiger partial charge in [-0.15, -0.1) is 0 Å². The number of halogens is 1. The molecule has 3 rings (SSSR count). The molecule has 2 heterocycles. The predicted molar refractivity (Wildman–Crippen MR) is 85.6 cm³/mol. The number of ether oxygens (including phenoxy) is 1. The standard InChI is InChI=1S/C17H20ClNO4/c1-10-8-19(5-4-14(10)17(21)22)16(20)12-6-11-7-13(18)2-3-15(11)23-9-12/h2-3,7,10,12,14H,4-6,8-9H2,1H3,(H,21,22). The zero-order valence-electron chi connectivity index (χ0n) is 13.0. The minimum absolute atomic E-state index is 0.0311. The second-order valence-electron chi connectivity index (χ2n) is 6.46. The second-order valence-corrected chi connectivity index (χ2v) is 6.90. The van der Waals surface area contributed by atoms with Gasteiger partial charge in [-0.2, -0.15) is 0 Å². The van der Waals surface area contributed by atoms with Gasteiger partial charge in [-0.25, -0.2) is 0 Å². The van der Waals surface area contributed by atoms with Crippen LogP contribution in [0.1, 0.15) is 18.9 Å². The van der Waals surface area contributed by atoms with Crippen molar-refractivity contribution in [2.75, 3.05) is 19.7 Å². The molecule has 1 aromatic carbocycles. The van der Waals surface area contributed by atoms with Gasteiger partial charge in [-0.05, 0) is 42.5 Å². The van der Waals surface area contributed by atoms with Crippen LogP contribution < -0.4 is 4.74 Å². The molecule has 1 amide bonds. The molecule has 2 aliphatic rings. The van der Waals surface area contributed by atoms with Crippen molar-refractivity contribution >= 4 is 23.5 Å². The van der Waals surface area contributed by atoms with E-state index in [1.807, 2.05) is 19.1 Å². The molecular weight excluding hydrogens is 318 g/mol. The number of carbonyl (C=O) groups excluding carboxylic acids is 1. The molecule has 5 nitrogen and oxygen atoms in total. The first-order chi connectivity index (χ1) is 11.0. The van der Waals surface area contributed by atoms with Gasteiger partial charge in [-0.1, -0.05) is 18.5 Å². The number of carbonyl (C=O) groups is 2. The number of fused-ring (bicyclic) bond motifs is 1. The predicted octanol–water partition coefficient (Wildman–Crippen LogP) is 2.46. The first kappa shape index (κ1) is 16.1. The van der Waals surface area contributed by atoms with E-state index in [4.69, 9.17) is 16.3 Å². The fraction of sp³-hybridized carbons (Fsp3) is 0.529. The highest BCUT2D eigenvalue weighted by Gasteiger charge is 2.36. The summed E-state index contributed by atoms with van der Waals surface area (Å²) in [6, 6.07) is 5.45. The van der Waals surface area contributed by atoms with Crippen LogP contribution >= 0.6 is 11.6 Å². The van der Waals surface area contributed by atoms with Crippen molar-refractivity contribution in [3.05, 3.63) is 28.8 Å². The lowest BCUT2D eigenvalue weighted by Crippen LogP contribution is -2.48. The molecule has 1 aromatic rings. The average molecular weight is 338 g/mol. The molecule has 0 saturated carbocycles. The van der Waals surface area contributed by atoms with Gasteiger partial charge in [0.2, 0.25) is 5.91 Å². The Balaban J connectivity index is 1.67. The number of carboxylic acids is 1. The van der Waals surface area contributed by atoms with Crippen molar-refractivity contribution in [1.82, 2.24) is 4.90 Å². The molecule has 3 atom stereocenters. The molecule has 124 valence electrons. The van der Waals surface area contributed by atoms with E-state index in [2.05, 4.69) is 0 Å². The van der Waals surface area contributed by atoms with Crippen LogP contribution in [0.25, 0.3) is 0 Å². The van der Waals surface area contributed by atoms with Gasteiger partial charge in [0.15, 0.2) is 0 Å². The summed E-state index contributed by atoms with van der Waals surface area (Å²) in [7, 11) is 0. The molecule has 0 bridgehead atoms. The molecule has 0 aliphatic carbocycles. The summed E-state index contributed by atoms with van der Waals surface area (Å²) in [6.07, 6.45) is 1.13. The number of carboxylic acid groups (broad SMARTS) is 1. The normalized spacial score (nSPS) is 27.0. The van der Waals surface area contributed by atoms with Crippen LogP contribution in [0.15, 0.2) is 18.2 Å². The Morgan fingerprint density at radius 3 is 2.87 bits per heavy atom. The van der Waals surface area contributed by atoms with Crippen LogP contribution in [0.4, 0.5) is 0 Å². The van der Waals surface area contributed by atoms with Gasteiger partial charge in [0.25, 0.3) is 0 Å². The summed E-state index contributed by atoms with van der Waals surface area (Å²) in [5.41, 5.74) is 0.954. The Morgan fingerprint density at radius 2 is 2.17 bits per heavy atom. The number of rotatable bonds is 2. The van der Waals surface area contributed by atoms with Gasteiger partial charge < -0.3 is 14.7 Å². The molecular formula is C17H20ClNO4.